The van der Waals surface area contributed by atoms with Gasteiger partial charge in [0.25, 0.3) is 5.69 Å². The van der Waals surface area contributed by atoms with Crippen molar-refractivity contribution < 1.29 is 14.8 Å². The van der Waals surface area contributed by atoms with Gasteiger partial charge in [0.1, 0.15) is 5.75 Å². The smallest absolute Gasteiger partial charge is 0.275 e. The van der Waals surface area contributed by atoms with Crippen molar-refractivity contribution in [3.8, 4) is 11.8 Å². The third kappa shape index (κ3) is 2.07. The molecule has 0 aliphatic heterocycles. The summed E-state index contributed by atoms with van der Waals surface area (Å²) in [4.78, 5) is 10.6. The molecule has 0 fully saturated rings. The van der Waals surface area contributed by atoms with Gasteiger partial charge in [-0.05, 0) is 22.4 Å². The molecule has 1 aromatic rings. The van der Waals surface area contributed by atoms with E-state index in [0.29, 0.717) is 27.8 Å². The van der Waals surface area contributed by atoms with Crippen LogP contribution in [0.4, 0.5) is 5.69 Å². The maximum Gasteiger partial charge on any atom is 0.275 e. The van der Waals surface area contributed by atoms with Gasteiger partial charge in [0.2, 0.25) is 0 Å². The van der Waals surface area contributed by atoms with Crippen molar-refractivity contribution in [2.45, 2.75) is 12.3 Å². The molecule has 100 valence electrons. The van der Waals surface area contributed by atoms with Crippen LogP contribution in [0.15, 0.2) is 10.5 Å². The van der Waals surface area contributed by atoms with Gasteiger partial charge in [-0.1, -0.05) is 0 Å². The number of benzene rings is 1. The number of fused-ring (bicyclic) bond motifs is 1. The Morgan fingerprint density at radius 1 is 1.74 bits per heavy atom. The van der Waals surface area contributed by atoms with Gasteiger partial charge in [-0.15, -0.1) is 0 Å². The number of nitrogens with zero attached hydrogens (tertiary/aromatic N) is 2. The number of methoxy groups -OCH3 is 1. The molecule has 0 saturated carbocycles. The molecule has 1 aliphatic carbocycles. The van der Waals surface area contributed by atoms with Crippen molar-refractivity contribution in [3.05, 3.63) is 31.8 Å². The van der Waals surface area contributed by atoms with Crippen LogP contribution in [0.25, 0.3) is 0 Å². The third-order valence-corrected chi connectivity index (χ3v) is 3.97. The molecule has 2 rings (SSSR count). The second-order valence-electron chi connectivity index (χ2n) is 4.31. The highest BCUT2D eigenvalue weighted by Gasteiger charge is 2.40. The summed E-state index contributed by atoms with van der Waals surface area (Å²) >= 11 is 3.24. The zero-order chi connectivity index (χ0) is 14.2. The molecule has 19 heavy (non-hydrogen) atoms. The number of rotatable bonds is 3. The van der Waals surface area contributed by atoms with Gasteiger partial charge >= 0.3 is 0 Å². The molecule has 0 unspecified atom stereocenters. The Labute approximate surface area is 117 Å². The molecule has 0 radical (unpaired) electrons. The highest BCUT2D eigenvalue weighted by Crippen LogP contribution is 2.49. The van der Waals surface area contributed by atoms with E-state index in [9.17, 15) is 20.5 Å². The lowest BCUT2D eigenvalue weighted by molar-refractivity contribution is -0.385. The number of hydrogen-bond acceptors (Lipinski definition) is 5. The summed E-state index contributed by atoms with van der Waals surface area (Å²) in [5, 5.41) is 29.7. The summed E-state index contributed by atoms with van der Waals surface area (Å²) in [7, 11) is 1.47. The SMILES string of the molecule is COc1c(Br)cc([N+](=O)[O-])c2c1C[C@@H](CO)[C@H]2C#N. The Morgan fingerprint density at radius 3 is 2.89 bits per heavy atom. The molecule has 0 heterocycles. The maximum atomic E-state index is 11.1. The molecular formula is C12H11BrN2O4. The van der Waals surface area contributed by atoms with Crippen LogP contribution < -0.4 is 4.74 Å². The Balaban J connectivity index is 2.73. The number of hydrogen-bond donors (Lipinski definition) is 1. The van der Waals surface area contributed by atoms with Crippen molar-refractivity contribution >= 4 is 21.6 Å². The Hall–Kier alpha value is -1.65. The maximum absolute atomic E-state index is 11.1. The Kier molecular flexibility index (Phi) is 3.73. The van der Waals surface area contributed by atoms with Gasteiger partial charge in [-0.25, -0.2) is 0 Å². The molecule has 1 N–H and O–H groups in total. The van der Waals surface area contributed by atoms with Crippen LogP contribution in [0.5, 0.6) is 5.75 Å². The predicted octanol–water partition coefficient (Wildman–Crippen LogP) is 2.14. The molecule has 6 nitrogen and oxygen atoms in total. The van der Waals surface area contributed by atoms with E-state index in [1.807, 2.05) is 0 Å². The van der Waals surface area contributed by atoms with Gasteiger partial charge < -0.3 is 9.84 Å². The average molecular weight is 327 g/mol. The first kappa shape index (κ1) is 13.8. The zero-order valence-corrected chi connectivity index (χ0v) is 11.7. The first-order valence-electron chi connectivity index (χ1n) is 5.59. The number of ether oxygens (including phenoxy) is 1. The van der Waals surface area contributed by atoms with Gasteiger partial charge in [0.15, 0.2) is 0 Å². The van der Waals surface area contributed by atoms with E-state index < -0.39 is 10.8 Å². The quantitative estimate of drug-likeness (QED) is 0.678. The van der Waals surface area contributed by atoms with E-state index in [1.54, 1.807) is 0 Å². The van der Waals surface area contributed by atoms with Crippen LogP contribution in [-0.4, -0.2) is 23.7 Å². The van der Waals surface area contributed by atoms with Crippen molar-refractivity contribution in [1.29, 1.82) is 5.26 Å². The molecule has 1 aromatic carbocycles. The minimum Gasteiger partial charge on any atom is -0.495 e. The topological polar surface area (TPSA) is 96.4 Å². The normalized spacial score (nSPS) is 20.7. The monoisotopic (exact) mass is 326 g/mol. The summed E-state index contributed by atoms with van der Waals surface area (Å²) in [6.45, 7) is -0.190. The average Bonchev–Trinajstić information content (AvgIpc) is 2.75. The van der Waals surface area contributed by atoms with Crippen LogP contribution in [0.2, 0.25) is 0 Å². The van der Waals surface area contributed by atoms with Crippen LogP contribution in [0.3, 0.4) is 0 Å². The molecule has 0 spiro atoms. The van der Waals surface area contributed by atoms with Crippen LogP contribution in [0, 0.1) is 27.4 Å². The molecule has 0 saturated heterocycles. The number of aliphatic hydroxyl groups excluding tert-OH is 1. The first-order chi connectivity index (χ1) is 9.04. The van der Waals surface area contributed by atoms with Crippen molar-refractivity contribution in [2.75, 3.05) is 13.7 Å². The highest BCUT2D eigenvalue weighted by atomic mass is 79.9. The summed E-state index contributed by atoms with van der Waals surface area (Å²) in [5.41, 5.74) is 0.894. The van der Waals surface area contributed by atoms with Gasteiger partial charge in [-0.3, -0.25) is 10.1 Å². The minimum absolute atomic E-state index is 0.106. The Morgan fingerprint density at radius 2 is 2.42 bits per heavy atom. The molecule has 0 bridgehead atoms. The fraction of sp³-hybridized carbons (Fsp3) is 0.417. The lowest BCUT2D eigenvalue weighted by Crippen LogP contribution is -2.11. The van der Waals surface area contributed by atoms with Crippen LogP contribution in [0.1, 0.15) is 17.0 Å². The summed E-state index contributed by atoms with van der Waals surface area (Å²) in [5.74, 6) is -0.513. The lowest BCUT2D eigenvalue weighted by Gasteiger charge is -2.11. The molecule has 0 aromatic heterocycles. The third-order valence-electron chi connectivity index (χ3n) is 3.38. The van der Waals surface area contributed by atoms with E-state index in [2.05, 4.69) is 22.0 Å². The second kappa shape index (κ2) is 5.15. The van der Waals surface area contributed by atoms with E-state index >= 15 is 0 Å². The summed E-state index contributed by atoms with van der Waals surface area (Å²) in [6, 6.07) is 3.40. The van der Waals surface area contributed by atoms with E-state index in [0.717, 1.165) is 0 Å². The number of nitro groups is 1. The molecular weight excluding hydrogens is 316 g/mol. The zero-order valence-electron chi connectivity index (χ0n) is 10.1. The first-order valence-corrected chi connectivity index (χ1v) is 6.38. The number of nitro benzene ring substituents is 1. The largest absolute Gasteiger partial charge is 0.495 e. The minimum atomic E-state index is -0.678. The van der Waals surface area contributed by atoms with Gasteiger partial charge in [0.05, 0.1) is 34.1 Å². The summed E-state index contributed by atoms with van der Waals surface area (Å²) in [6.07, 6.45) is 0.396. The Bertz CT molecular complexity index is 582. The molecule has 2 atom stereocenters. The summed E-state index contributed by atoms with van der Waals surface area (Å²) < 4.78 is 5.73. The van der Waals surface area contributed by atoms with Crippen molar-refractivity contribution in [1.82, 2.24) is 0 Å². The fourth-order valence-corrected chi connectivity index (χ4v) is 3.18. The van der Waals surface area contributed by atoms with E-state index in [-0.39, 0.29) is 18.2 Å². The second-order valence-corrected chi connectivity index (χ2v) is 5.17. The number of halogens is 1. The van der Waals surface area contributed by atoms with Crippen molar-refractivity contribution in [2.24, 2.45) is 5.92 Å². The van der Waals surface area contributed by atoms with Crippen LogP contribution >= 0.6 is 15.9 Å². The molecule has 1 aliphatic rings. The predicted molar refractivity (Wildman–Crippen MR) is 70.0 cm³/mol. The standard InChI is InChI=1S/C12H11BrN2O4/c1-19-12-7-2-6(5-16)8(4-14)11(7)10(15(17)18)3-9(12)13/h3,6,8,16H,2,5H2,1H3/t6-,8+/m0/s1. The van der Waals surface area contributed by atoms with E-state index in [1.165, 1.54) is 13.2 Å². The number of aliphatic hydroxyl groups is 1. The molecule has 0 amide bonds. The molecule has 7 heteroatoms. The van der Waals surface area contributed by atoms with Gasteiger partial charge in [0, 0.05) is 24.2 Å². The van der Waals surface area contributed by atoms with E-state index in [4.69, 9.17) is 4.74 Å². The van der Waals surface area contributed by atoms with Crippen molar-refractivity contribution in [3.63, 3.8) is 0 Å². The number of nitriles is 1. The highest BCUT2D eigenvalue weighted by molar-refractivity contribution is 9.10. The lowest BCUT2D eigenvalue weighted by atomic mass is 9.94. The fourth-order valence-electron chi connectivity index (χ4n) is 2.56. The van der Waals surface area contributed by atoms with Crippen LogP contribution in [-0.2, 0) is 6.42 Å². The van der Waals surface area contributed by atoms with Gasteiger partial charge in [-0.2, -0.15) is 5.26 Å².